The van der Waals surface area contributed by atoms with Crippen molar-refractivity contribution in [2.24, 2.45) is 11.5 Å². The van der Waals surface area contributed by atoms with Crippen LogP contribution < -0.4 is 22.1 Å². The van der Waals surface area contributed by atoms with Crippen LogP contribution in [0.5, 0.6) is 0 Å². The Kier molecular flexibility index (Phi) is 5.01. The van der Waals surface area contributed by atoms with Crippen molar-refractivity contribution in [2.45, 2.75) is 37.8 Å². The number of carbonyl (C=O) groups excluding carboxylic acids is 1. The largest absolute Gasteiger partial charge is 0.365 e. The molecule has 1 fully saturated rings. The van der Waals surface area contributed by atoms with Gasteiger partial charge in [0.1, 0.15) is 17.2 Å². The van der Waals surface area contributed by atoms with E-state index >= 15 is 0 Å². The topological polar surface area (TPSA) is 123 Å². The molecule has 4 rings (SSSR count). The Bertz CT molecular complexity index is 1050. The summed E-state index contributed by atoms with van der Waals surface area (Å²) in [5, 5.41) is 6.11. The molecule has 2 atom stereocenters. The molecule has 0 unspecified atom stereocenters. The van der Waals surface area contributed by atoms with E-state index in [1.165, 1.54) is 6.20 Å². The minimum atomic E-state index is -0.769. The molecule has 6 N–H and O–H groups in total. The number of benzene rings is 1. The number of hydrogen-bond donors (Lipinski definition) is 4. The highest BCUT2D eigenvalue weighted by Crippen LogP contribution is 2.27. The zero-order chi connectivity index (χ0) is 20.5. The zero-order valence-electron chi connectivity index (χ0n) is 15.5. The maximum Gasteiger partial charge on any atom is 0.256 e. The number of aromatic nitrogens is 3. The van der Waals surface area contributed by atoms with Crippen LogP contribution in [0.25, 0.3) is 5.65 Å². The van der Waals surface area contributed by atoms with Crippen LogP contribution in [-0.2, 0) is 0 Å². The van der Waals surface area contributed by atoms with E-state index < -0.39 is 17.5 Å². The lowest BCUT2D eigenvalue weighted by Crippen LogP contribution is -2.43. The van der Waals surface area contributed by atoms with Gasteiger partial charge in [-0.1, -0.05) is 12.8 Å². The summed E-state index contributed by atoms with van der Waals surface area (Å²) in [5.74, 6) is -1.84. The van der Waals surface area contributed by atoms with Crippen molar-refractivity contribution in [1.29, 1.82) is 0 Å². The van der Waals surface area contributed by atoms with Crippen LogP contribution in [-0.4, -0.2) is 32.4 Å². The van der Waals surface area contributed by atoms with Crippen molar-refractivity contribution < 1.29 is 13.6 Å². The second-order valence-corrected chi connectivity index (χ2v) is 7.13. The molecule has 1 saturated carbocycles. The number of halogens is 2. The number of rotatable bonds is 5. The number of primary amides is 1. The first-order chi connectivity index (χ1) is 13.9. The van der Waals surface area contributed by atoms with Crippen LogP contribution in [0.2, 0.25) is 0 Å². The normalized spacial score (nSPS) is 19.3. The van der Waals surface area contributed by atoms with Gasteiger partial charge in [-0.2, -0.15) is 4.98 Å². The third-order valence-corrected chi connectivity index (χ3v) is 5.05. The van der Waals surface area contributed by atoms with Gasteiger partial charge in [0.15, 0.2) is 11.5 Å². The smallest absolute Gasteiger partial charge is 0.256 e. The molecule has 0 spiro atoms. The lowest BCUT2D eigenvalue weighted by Gasteiger charge is -2.30. The molecule has 152 valence electrons. The summed E-state index contributed by atoms with van der Waals surface area (Å²) in [6, 6.07) is 2.91. The first-order valence-corrected chi connectivity index (χ1v) is 9.34. The van der Waals surface area contributed by atoms with Crippen LogP contribution in [0.15, 0.2) is 30.6 Å². The standard InChI is InChI=1S/C19H21F2N7O/c20-10-7-11(21)9-12(8-10)25-17-15(16(23)29)18-24-5-6-28(18)19(27-17)26-14-4-2-1-3-13(14)22/h5-9,13-14,25H,1-4,22H2,(H2,23,29)(H,26,27)/t13-,14+/m1/s1. The van der Waals surface area contributed by atoms with Gasteiger partial charge in [-0.15, -0.1) is 0 Å². The SMILES string of the molecule is NC(=O)c1c(Nc2cc(F)cc(F)c2)nc(N[C@H]2CCCC[C@H]2N)n2ccnc12. The molecule has 2 aromatic heterocycles. The molecular weight excluding hydrogens is 380 g/mol. The van der Waals surface area contributed by atoms with E-state index in [4.69, 9.17) is 11.5 Å². The predicted octanol–water partition coefficient (Wildman–Crippen LogP) is 2.53. The van der Waals surface area contributed by atoms with Crippen molar-refractivity contribution in [1.82, 2.24) is 14.4 Å². The van der Waals surface area contributed by atoms with Crippen molar-refractivity contribution >= 4 is 29.0 Å². The van der Waals surface area contributed by atoms with Crippen LogP contribution in [0, 0.1) is 11.6 Å². The van der Waals surface area contributed by atoms with E-state index in [9.17, 15) is 13.6 Å². The van der Waals surface area contributed by atoms with E-state index in [1.807, 2.05) is 0 Å². The fourth-order valence-electron chi connectivity index (χ4n) is 3.67. The van der Waals surface area contributed by atoms with Crippen molar-refractivity contribution in [3.05, 3.63) is 47.8 Å². The van der Waals surface area contributed by atoms with E-state index in [2.05, 4.69) is 20.6 Å². The highest BCUT2D eigenvalue weighted by molar-refractivity contribution is 6.04. The molecule has 1 aliphatic rings. The number of fused-ring (bicyclic) bond motifs is 1. The Balaban J connectivity index is 1.79. The Morgan fingerprint density at radius 2 is 1.90 bits per heavy atom. The molecule has 0 saturated heterocycles. The minimum Gasteiger partial charge on any atom is -0.365 e. The van der Waals surface area contributed by atoms with E-state index in [0.29, 0.717) is 5.95 Å². The van der Waals surface area contributed by atoms with Gasteiger partial charge >= 0.3 is 0 Å². The molecule has 0 aliphatic heterocycles. The third kappa shape index (κ3) is 3.83. The van der Waals surface area contributed by atoms with Gasteiger partial charge in [-0.3, -0.25) is 9.20 Å². The molecule has 0 radical (unpaired) electrons. The quantitative estimate of drug-likeness (QED) is 0.521. The Morgan fingerprint density at radius 1 is 1.17 bits per heavy atom. The molecule has 1 aliphatic carbocycles. The molecule has 1 aromatic carbocycles. The number of carbonyl (C=O) groups is 1. The number of imidazole rings is 1. The molecule has 3 aromatic rings. The second-order valence-electron chi connectivity index (χ2n) is 7.13. The maximum absolute atomic E-state index is 13.6. The van der Waals surface area contributed by atoms with Gasteiger partial charge < -0.3 is 22.1 Å². The molecule has 10 heteroatoms. The first-order valence-electron chi connectivity index (χ1n) is 9.34. The highest BCUT2D eigenvalue weighted by Gasteiger charge is 2.25. The summed E-state index contributed by atoms with van der Waals surface area (Å²) in [6.07, 6.45) is 7.07. The van der Waals surface area contributed by atoms with Crippen molar-refractivity contribution in [3.63, 3.8) is 0 Å². The minimum absolute atomic E-state index is 0.000687. The average Bonchev–Trinajstić information content (AvgIpc) is 3.12. The fourth-order valence-corrected chi connectivity index (χ4v) is 3.67. The van der Waals surface area contributed by atoms with Gasteiger partial charge in [-0.25, -0.2) is 13.8 Å². The molecule has 1 amide bonds. The Labute approximate surface area is 165 Å². The Hall–Kier alpha value is -3.27. The van der Waals surface area contributed by atoms with Gasteiger partial charge in [0.2, 0.25) is 5.95 Å². The fraction of sp³-hybridized carbons (Fsp3) is 0.316. The average molecular weight is 401 g/mol. The number of amides is 1. The summed E-state index contributed by atoms with van der Waals surface area (Å²) in [6.45, 7) is 0. The maximum atomic E-state index is 13.6. The summed E-state index contributed by atoms with van der Waals surface area (Å²) in [4.78, 5) is 20.8. The Morgan fingerprint density at radius 3 is 2.59 bits per heavy atom. The molecule has 29 heavy (non-hydrogen) atoms. The van der Waals surface area contributed by atoms with Crippen LogP contribution in [0.1, 0.15) is 36.0 Å². The number of hydrogen-bond acceptors (Lipinski definition) is 6. The van der Waals surface area contributed by atoms with Crippen molar-refractivity contribution in [2.75, 3.05) is 10.6 Å². The predicted molar refractivity (Wildman–Crippen MR) is 105 cm³/mol. The van der Waals surface area contributed by atoms with Gasteiger partial charge in [-0.05, 0) is 25.0 Å². The summed E-state index contributed by atoms with van der Waals surface area (Å²) in [5.41, 5.74) is 12.2. The van der Waals surface area contributed by atoms with Crippen LogP contribution in [0.4, 0.5) is 26.2 Å². The van der Waals surface area contributed by atoms with E-state index in [1.54, 1.807) is 10.6 Å². The number of nitrogens with zero attached hydrogens (tertiary/aromatic N) is 3. The molecular formula is C19H21F2N7O. The lowest BCUT2D eigenvalue weighted by molar-refractivity contribution is 0.100. The molecule has 2 heterocycles. The lowest BCUT2D eigenvalue weighted by atomic mass is 9.91. The van der Waals surface area contributed by atoms with E-state index in [-0.39, 0.29) is 34.8 Å². The van der Waals surface area contributed by atoms with Gasteiger partial charge in [0, 0.05) is 36.2 Å². The molecule has 8 nitrogen and oxygen atoms in total. The van der Waals surface area contributed by atoms with Gasteiger partial charge in [0.05, 0.1) is 0 Å². The number of nitrogens with one attached hydrogen (secondary N) is 2. The van der Waals surface area contributed by atoms with Crippen LogP contribution >= 0.6 is 0 Å². The number of nitrogens with two attached hydrogens (primary N) is 2. The van der Waals surface area contributed by atoms with Gasteiger partial charge in [0.25, 0.3) is 5.91 Å². The number of anilines is 3. The van der Waals surface area contributed by atoms with E-state index in [0.717, 1.165) is 43.9 Å². The zero-order valence-corrected chi connectivity index (χ0v) is 15.5. The first kappa shape index (κ1) is 19.1. The van der Waals surface area contributed by atoms with Crippen LogP contribution in [0.3, 0.4) is 0 Å². The summed E-state index contributed by atoms with van der Waals surface area (Å²) < 4.78 is 28.8. The monoisotopic (exact) mass is 401 g/mol. The third-order valence-electron chi connectivity index (χ3n) is 5.05. The molecule has 0 bridgehead atoms. The van der Waals surface area contributed by atoms with Crippen molar-refractivity contribution in [3.8, 4) is 0 Å². The summed E-state index contributed by atoms with van der Waals surface area (Å²) in [7, 11) is 0. The highest BCUT2D eigenvalue weighted by atomic mass is 19.1. The second kappa shape index (κ2) is 7.63. The summed E-state index contributed by atoms with van der Waals surface area (Å²) >= 11 is 0.